The summed E-state index contributed by atoms with van der Waals surface area (Å²) in [5.74, 6) is 1.26. The first-order valence-electron chi connectivity index (χ1n) is 10.9. The molecule has 0 aliphatic carbocycles. The number of fused-ring (bicyclic) bond motifs is 1. The van der Waals surface area contributed by atoms with Gasteiger partial charge in [0.25, 0.3) is 0 Å². The van der Waals surface area contributed by atoms with Crippen LogP contribution in [0.1, 0.15) is 12.5 Å². The van der Waals surface area contributed by atoms with Crippen LogP contribution >= 0.6 is 11.8 Å². The number of hydrogen-bond acceptors (Lipinski definition) is 6. The second kappa shape index (κ2) is 10.8. The zero-order valence-electron chi connectivity index (χ0n) is 18.8. The Hall–Kier alpha value is -3.17. The zero-order valence-corrected chi connectivity index (χ0v) is 20.4. The second-order valence-electron chi connectivity index (χ2n) is 7.58. The van der Waals surface area contributed by atoms with Crippen molar-refractivity contribution >= 4 is 39.1 Å². The van der Waals surface area contributed by atoms with E-state index in [1.165, 1.54) is 4.90 Å². The summed E-state index contributed by atoms with van der Waals surface area (Å²) in [6.07, 6.45) is 0. The van der Waals surface area contributed by atoms with Gasteiger partial charge in [0.1, 0.15) is 19.8 Å². The number of nitrogens with zero attached hydrogens (tertiary/aromatic N) is 1. The van der Waals surface area contributed by atoms with E-state index in [-0.39, 0.29) is 12.3 Å². The van der Waals surface area contributed by atoms with Crippen molar-refractivity contribution in [2.75, 3.05) is 35.1 Å². The number of thioether (sulfide) groups is 1. The number of hydrogen-bond donors (Lipinski definition) is 1. The van der Waals surface area contributed by atoms with E-state index in [0.29, 0.717) is 36.1 Å². The number of ether oxygens (including phenoxy) is 2. The van der Waals surface area contributed by atoms with E-state index in [2.05, 4.69) is 17.4 Å². The van der Waals surface area contributed by atoms with Crippen molar-refractivity contribution in [3.63, 3.8) is 0 Å². The summed E-state index contributed by atoms with van der Waals surface area (Å²) in [5, 5.41) is 2.79. The highest BCUT2D eigenvalue weighted by Gasteiger charge is 2.25. The highest BCUT2D eigenvalue weighted by Crippen LogP contribution is 2.35. The van der Waals surface area contributed by atoms with Gasteiger partial charge in [-0.25, -0.2) is 8.42 Å². The van der Waals surface area contributed by atoms with Gasteiger partial charge < -0.3 is 14.8 Å². The van der Waals surface area contributed by atoms with Crippen molar-refractivity contribution in [3.8, 4) is 11.5 Å². The number of rotatable bonds is 9. The molecule has 1 N–H and O–H groups in total. The maximum Gasteiger partial charge on any atom is 0.245 e. The molecule has 1 amide bonds. The lowest BCUT2D eigenvalue weighted by molar-refractivity contribution is -0.114. The third-order valence-electron chi connectivity index (χ3n) is 5.19. The van der Waals surface area contributed by atoms with E-state index in [4.69, 9.17) is 9.47 Å². The van der Waals surface area contributed by atoms with Gasteiger partial charge in [-0.2, -0.15) is 0 Å². The molecule has 0 saturated heterocycles. The minimum Gasteiger partial charge on any atom is -0.486 e. The second-order valence-corrected chi connectivity index (χ2v) is 10.8. The molecule has 34 heavy (non-hydrogen) atoms. The van der Waals surface area contributed by atoms with Crippen LogP contribution in [0.25, 0.3) is 0 Å². The van der Waals surface area contributed by atoms with E-state index in [9.17, 15) is 13.2 Å². The number of carbonyl (C=O) groups is 1. The minimum atomic E-state index is -3.69. The van der Waals surface area contributed by atoms with Crippen molar-refractivity contribution in [2.45, 2.75) is 17.6 Å². The molecular formula is C25H26N2O5S2. The molecule has 0 aromatic heterocycles. The smallest absolute Gasteiger partial charge is 0.245 e. The summed E-state index contributed by atoms with van der Waals surface area (Å²) in [6, 6.07) is 22.6. The molecule has 1 aliphatic rings. The van der Waals surface area contributed by atoms with Crippen LogP contribution in [0.2, 0.25) is 0 Å². The van der Waals surface area contributed by atoms with Crippen LogP contribution in [-0.2, 0) is 20.6 Å². The standard InChI is InChI=1S/C25H26N2O5S2/c1-2-34(29,30)27(21-12-13-23-24(16-21)32-15-14-31-23)17-25(28)26-20-10-8-19(9-11-20)18-33-22-6-4-3-5-7-22/h3-13,16H,2,14-15,17-18H2,1H3,(H,26,28). The summed E-state index contributed by atoms with van der Waals surface area (Å²) < 4.78 is 37.7. The number of anilines is 2. The number of carbonyl (C=O) groups excluding carboxylic acids is 1. The molecule has 0 bridgehead atoms. The predicted molar refractivity (Wildman–Crippen MR) is 135 cm³/mol. The number of benzene rings is 3. The van der Waals surface area contributed by atoms with Crippen LogP contribution in [0.3, 0.4) is 0 Å². The highest BCUT2D eigenvalue weighted by atomic mass is 32.2. The lowest BCUT2D eigenvalue weighted by Gasteiger charge is -2.25. The molecule has 178 valence electrons. The average molecular weight is 499 g/mol. The molecule has 3 aromatic carbocycles. The van der Waals surface area contributed by atoms with Crippen LogP contribution in [0.5, 0.6) is 11.5 Å². The number of sulfonamides is 1. The summed E-state index contributed by atoms with van der Waals surface area (Å²) in [4.78, 5) is 14.0. The van der Waals surface area contributed by atoms with Gasteiger partial charge in [0.15, 0.2) is 11.5 Å². The lowest BCUT2D eigenvalue weighted by atomic mass is 10.2. The normalized spacial score (nSPS) is 12.7. The summed E-state index contributed by atoms with van der Waals surface area (Å²) in [7, 11) is -3.69. The Morgan fingerprint density at radius 2 is 1.68 bits per heavy atom. The maximum atomic E-state index is 12.8. The first kappa shape index (κ1) is 24.0. The fraction of sp³-hybridized carbons (Fsp3) is 0.240. The van der Waals surface area contributed by atoms with Crippen molar-refractivity contribution < 1.29 is 22.7 Å². The van der Waals surface area contributed by atoms with Gasteiger partial charge in [-0.3, -0.25) is 9.10 Å². The summed E-state index contributed by atoms with van der Waals surface area (Å²) in [6.45, 7) is 2.03. The number of amides is 1. The van der Waals surface area contributed by atoms with Crippen molar-refractivity contribution in [3.05, 3.63) is 78.4 Å². The van der Waals surface area contributed by atoms with E-state index in [0.717, 1.165) is 15.6 Å². The monoisotopic (exact) mass is 498 g/mol. The van der Waals surface area contributed by atoms with Gasteiger partial charge >= 0.3 is 0 Å². The van der Waals surface area contributed by atoms with Crippen molar-refractivity contribution in [2.24, 2.45) is 0 Å². The minimum absolute atomic E-state index is 0.136. The van der Waals surface area contributed by atoms with Gasteiger partial charge in [0.05, 0.1) is 11.4 Å². The van der Waals surface area contributed by atoms with Gasteiger partial charge in [0.2, 0.25) is 15.9 Å². The summed E-state index contributed by atoms with van der Waals surface area (Å²) in [5.41, 5.74) is 2.09. The zero-order chi connectivity index (χ0) is 24.0. The van der Waals surface area contributed by atoms with Gasteiger partial charge in [-0.05, 0) is 48.9 Å². The third kappa shape index (κ3) is 6.03. The topological polar surface area (TPSA) is 84.9 Å². The van der Waals surface area contributed by atoms with Gasteiger partial charge in [-0.1, -0.05) is 30.3 Å². The average Bonchev–Trinajstić information content (AvgIpc) is 2.87. The molecule has 0 fully saturated rings. The van der Waals surface area contributed by atoms with Crippen LogP contribution in [-0.4, -0.2) is 39.8 Å². The van der Waals surface area contributed by atoms with Crippen LogP contribution < -0.4 is 19.1 Å². The molecule has 0 radical (unpaired) electrons. The molecule has 9 heteroatoms. The molecule has 3 aromatic rings. The van der Waals surface area contributed by atoms with Crippen LogP contribution in [0.4, 0.5) is 11.4 Å². The molecule has 4 rings (SSSR count). The number of nitrogens with one attached hydrogen (secondary N) is 1. The van der Waals surface area contributed by atoms with Crippen LogP contribution in [0.15, 0.2) is 77.7 Å². The molecule has 1 aliphatic heterocycles. The fourth-order valence-corrected chi connectivity index (χ4v) is 5.33. The Morgan fingerprint density at radius 3 is 2.38 bits per heavy atom. The van der Waals surface area contributed by atoms with Crippen molar-refractivity contribution in [1.82, 2.24) is 0 Å². The SMILES string of the molecule is CCS(=O)(=O)N(CC(=O)Nc1ccc(CSc2ccccc2)cc1)c1ccc2c(c1)OCCO2. The highest BCUT2D eigenvalue weighted by molar-refractivity contribution is 7.98. The Bertz CT molecular complexity index is 1230. The molecule has 0 saturated carbocycles. The third-order valence-corrected chi connectivity index (χ3v) is 8.01. The van der Waals surface area contributed by atoms with Crippen LogP contribution in [0, 0.1) is 0 Å². The summed E-state index contributed by atoms with van der Waals surface area (Å²) >= 11 is 1.73. The first-order chi connectivity index (χ1) is 16.4. The Morgan fingerprint density at radius 1 is 0.971 bits per heavy atom. The molecule has 0 atom stereocenters. The van der Waals surface area contributed by atoms with Gasteiger partial charge in [0, 0.05) is 22.4 Å². The Labute approximate surface area is 204 Å². The Balaban J connectivity index is 1.42. The lowest BCUT2D eigenvalue weighted by Crippen LogP contribution is -2.39. The molecule has 7 nitrogen and oxygen atoms in total. The fourth-order valence-electron chi connectivity index (χ4n) is 3.39. The molecule has 0 spiro atoms. The molecule has 0 unspecified atom stereocenters. The Kier molecular flexibility index (Phi) is 7.64. The van der Waals surface area contributed by atoms with E-state index >= 15 is 0 Å². The van der Waals surface area contributed by atoms with E-state index in [1.807, 2.05) is 42.5 Å². The van der Waals surface area contributed by atoms with E-state index < -0.39 is 15.9 Å². The predicted octanol–water partition coefficient (Wildman–Crippen LogP) is 4.54. The van der Waals surface area contributed by atoms with E-state index in [1.54, 1.807) is 36.9 Å². The first-order valence-corrected chi connectivity index (χ1v) is 13.5. The van der Waals surface area contributed by atoms with Gasteiger partial charge in [-0.15, -0.1) is 11.8 Å². The quantitative estimate of drug-likeness (QED) is 0.436. The maximum absolute atomic E-state index is 12.8. The molecular weight excluding hydrogens is 472 g/mol. The largest absolute Gasteiger partial charge is 0.486 e. The molecule has 1 heterocycles. The van der Waals surface area contributed by atoms with Crippen molar-refractivity contribution in [1.29, 1.82) is 0 Å².